The standard InChI is InChI=1S/C12H23N3O/c1-10(9-15-7-3-5-12(15)16)14-11-4-2-6-13-8-11/h10-11,13-14H,2-9H2,1H3. The third-order valence-corrected chi connectivity index (χ3v) is 3.48. The number of amides is 1. The number of likely N-dealkylation sites (tertiary alicyclic amines) is 1. The average Bonchev–Trinajstić information content (AvgIpc) is 2.66. The molecule has 16 heavy (non-hydrogen) atoms. The summed E-state index contributed by atoms with van der Waals surface area (Å²) < 4.78 is 0. The van der Waals surface area contributed by atoms with Crippen LogP contribution in [0.2, 0.25) is 0 Å². The van der Waals surface area contributed by atoms with Crippen LogP contribution in [0.1, 0.15) is 32.6 Å². The minimum absolute atomic E-state index is 0.329. The van der Waals surface area contributed by atoms with Crippen molar-refractivity contribution >= 4 is 5.91 Å². The second-order valence-electron chi connectivity index (χ2n) is 5.05. The van der Waals surface area contributed by atoms with Crippen LogP contribution in [0.4, 0.5) is 0 Å². The first-order chi connectivity index (χ1) is 7.75. The normalized spacial score (nSPS) is 28.4. The van der Waals surface area contributed by atoms with E-state index in [1.165, 1.54) is 12.8 Å². The average molecular weight is 225 g/mol. The van der Waals surface area contributed by atoms with Gasteiger partial charge in [-0.05, 0) is 32.7 Å². The number of carbonyl (C=O) groups is 1. The van der Waals surface area contributed by atoms with Crippen LogP contribution in [0.3, 0.4) is 0 Å². The van der Waals surface area contributed by atoms with E-state index in [-0.39, 0.29) is 0 Å². The molecular weight excluding hydrogens is 202 g/mol. The van der Waals surface area contributed by atoms with Crippen LogP contribution < -0.4 is 10.6 Å². The Labute approximate surface area is 97.8 Å². The van der Waals surface area contributed by atoms with Crippen molar-refractivity contribution < 1.29 is 4.79 Å². The first-order valence-corrected chi connectivity index (χ1v) is 6.50. The molecule has 0 radical (unpaired) electrons. The molecule has 0 bridgehead atoms. The minimum Gasteiger partial charge on any atom is -0.341 e. The van der Waals surface area contributed by atoms with Gasteiger partial charge in [0, 0.05) is 38.1 Å². The maximum atomic E-state index is 11.5. The zero-order valence-corrected chi connectivity index (χ0v) is 10.2. The van der Waals surface area contributed by atoms with Crippen molar-refractivity contribution in [3.63, 3.8) is 0 Å². The van der Waals surface area contributed by atoms with Crippen LogP contribution in [0, 0.1) is 0 Å². The van der Waals surface area contributed by atoms with Crippen molar-refractivity contribution in [3.05, 3.63) is 0 Å². The third-order valence-electron chi connectivity index (χ3n) is 3.48. The second-order valence-corrected chi connectivity index (χ2v) is 5.05. The smallest absolute Gasteiger partial charge is 0.222 e. The first-order valence-electron chi connectivity index (χ1n) is 6.50. The van der Waals surface area contributed by atoms with Gasteiger partial charge in [0.05, 0.1) is 0 Å². The summed E-state index contributed by atoms with van der Waals surface area (Å²) in [6.45, 7) is 6.22. The fraction of sp³-hybridized carbons (Fsp3) is 0.917. The van der Waals surface area contributed by atoms with Crippen LogP contribution in [0.25, 0.3) is 0 Å². The van der Waals surface area contributed by atoms with Gasteiger partial charge in [0.25, 0.3) is 0 Å². The largest absolute Gasteiger partial charge is 0.341 e. The number of hydrogen-bond donors (Lipinski definition) is 2. The van der Waals surface area contributed by atoms with Crippen molar-refractivity contribution in [2.45, 2.75) is 44.7 Å². The predicted octanol–water partition coefficient (Wildman–Crippen LogP) is 0.339. The molecular formula is C12H23N3O. The van der Waals surface area contributed by atoms with Crippen molar-refractivity contribution in [1.29, 1.82) is 0 Å². The lowest BCUT2D eigenvalue weighted by Crippen LogP contribution is -2.50. The highest BCUT2D eigenvalue weighted by atomic mass is 16.2. The Morgan fingerprint density at radius 3 is 3.06 bits per heavy atom. The van der Waals surface area contributed by atoms with Crippen LogP contribution in [-0.4, -0.2) is 49.1 Å². The van der Waals surface area contributed by atoms with Crippen LogP contribution >= 0.6 is 0 Å². The molecule has 2 unspecified atom stereocenters. The molecule has 2 aliphatic rings. The zero-order chi connectivity index (χ0) is 11.4. The topological polar surface area (TPSA) is 44.4 Å². The van der Waals surface area contributed by atoms with E-state index in [4.69, 9.17) is 0 Å². The SMILES string of the molecule is CC(CN1CCCC1=O)NC1CCCNC1. The molecule has 92 valence electrons. The summed E-state index contributed by atoms with van der Waals surface area (Å²) in [7, 11) is 0. The lowest BCUT2D eigenvalue weighted by molar-refractivity contribution is -0.127. The van der Waals surface area contributed by atoms with Gasteiger partial charge in [0.1, 0.15) is 0 Å². The Balaban J connectivity index is 1.70. The third kappa shape index (κ3) is 3.19. The number of nitrogens with zero attached hydrogens (tertiary/aromatic N) is 1. The molecule has 2 heterocycles. The van der Waals surface area contributed by atoms with Gasteiger partial charge in [-0.25, -0.2) is 0 Å². The first kappa shape index (κ1) is 11.9. The second kappa shape index (κ2) is 5.64. The summed E-state index contributed by atoms with van der Waals surface area (Å²) in [5.41, 5.74) is 0. The van der Waals surface area contributed by atoms with E-state index >= 15 is 0 Å². The Bertz CT molecular complexity index is 238. The molecule has 4 heteroatoms. The molecule has 0 spiro atoms. The monoisotopic (exact) mass is 225 g/mol. The fourth-order valence-electron chi connectivity index (χ4n) is 2.68. The number of carbonyl (C=O) groups excluding carboxylic acids is 1. The highest BCUT2D eigenvalue weighted by molar-refractivity contribution is 5.78. The van der Waals surface area contributed by atoms with Crippen molar-refractivity contribution in [2.24, 2.45) is 0 Å². The molecule has 2 N–H and O–H groups in total. The van der Waals surface area contributed by atoms with Gasteiger partial charge in [-0.15, -0.1) is 0 Å². The van der Waals surface area contributed by atoms with E-state index in [0.29, 0.717) is 18.0 Å². The molecule has 2 rings (SSSR count). The van der Waals surface area contributed by atoms with Gasteiger partial charge in [0.2, 0.25) is 5.91 Å². The fourth-order valence-corrected chi connectivity index (χ4v) is 2.68. The molecule has 2 fully saturated rings. The van der Waals surface area contributed by atoms with Gasteiger partial charge in [-0.2, -0.15) is 0 Å². The van der Waals surface area contributed by atoms with Gasteiger partial charge >= 0.3 is 0 Å². The quantitative estimate of drug-likeness (QED) is 0.725. The maximum absolute atomic E-state index is 11.5. The molecule has 0 aliphatic carbocycles. The summed E-state index contributed by atoms with van der Waals surface area (Å²) in [5.74, 6) is 0.329. The van der Waals surface area contributed by atoms with Crippen LogP contribution in [0.5, 0.6) is 0 Å². The van der Waals surface area contributed by atoms with Crippen LogP contribution in [0.15, 0.2) is 0 Å². The molecule has 0 aromatic heterocycles. The summed E-state index contributed by atoms with van der Waals surface area (Å²) in [6.07, 6.45) is 4.30. The minimum atomic E-state index is 0.329. The summed E-state index contributed by atoms with van der Waals surface area (Å²) in [4.78, 5) is 13.5. The van der Waals surface area contributed by atoms with E-state index in [9.17, 15) is 4.79 Å². The van der Waals surface area contributed by atoms with Gasteiger partial charge < -0.3 is 15.5 Å². The van der Waals surface area contributed by atoms with Crippen LogP contribution in [-0.2, 0) is 4.79 Å². The Hall–Kier alpha value is -0.610. The zero-order valence-electron chi connectivity index (χ0n) is 10.2. The van der Waals surface area contributed by atoms with Crippen molar-refractivity contribution in [2.75, 3.05) is 26.2 Å². The van der Waals surface area contributed by atoms with E-state index < -0.39 is 0 Å². The van der Waals surface area contributed by atoms with E-state index in [2.05, 4.69) is 17.6 Å². The Morgan fingerprint density at radius 2 is 2.44 bits per heavy atom. The number of piperidine rings is 1. The van der Waals surface area contributed by atoms with Gasteiger partial charge in [-0.1, -0.05) is 0 Å². The number of hydrogen-bond acceptors (Lipinski definition) is 3. The summed E-state index contributed by atoms with van der Waals surface area (Å²) >= 11 is 0. The predicted molar refractivity (Wildman–Crippen MR) is 64.3 cm³/mol. The molecule has 2 aliphatic heterocycles. The van der Waals surface area contributed by atoms with E-state index in [1.807, 2.05) is 4.90 Å². The Morgan fingerprint density at radius 1 is 1.56 bits per heavy atom. The lowest BCUT2D eigenvalue weighted by atomic mass is 10.1. The molecule has 0 saturated carbocycles. The molecule has 0 aromatic rings. The summed E-state index contributed by atoms with van der Waals surface area (Å²) in [5, 5.41) is 7.01. The maximum Gasteiger partial charge on any atom is 0.222 e. The molecule has 2 atom stereocenters. The molecule has 1 amide bonds. The van der Waals surface area contributed by atoms with Gasteiger partial charge in [-0.3, -0.25) is 4.79 Å². The van der Waals surface area contributed by atoms with Crippen molar-refractivity contribution in [1.82, 2.24) is 15.5 Å². The number of rotatable bonds is 4. The summed E-state index contributed by atoms with van der Waals surface area (Å²) in [6, 6.07) is 0.994. The molecule has 0 aromatic carbocycles. The number of nitrogens with one attached hydrogen (secondary N) is 2. The lowest BCUT2D eigenvalue weighted by Gasteiger charge is -2.29. The highest BCUT2D eigenvalue weighted by Crippen LogP contribution is 2.10. The Kier molecular flexibility index (Phi) is 4.18. The molecule has 2 saturated heterocycles. The van der Waals surface area contributed by atoms with Gasteiger partial charge in [0.15, 0.2) is 0 Å². The van der Waals surface area contributed by atoms with Crippen molar-refractivity contribution in [3.8, 4) is 0 Å². The van der Waals surface area contributed by atoms with E-state index in [0.717, 1.165) is 39.0 Å². The van der Waals surface area contributed by atoms with E-state index in [1.54, 1.807) is 0 Å². The highest BCUT2D eigenvalue weighted by Gasteiger charge is 2.23. The molecule has 4 nitrogen and oxygen atoms in total.